The number of carbonyl (C=O) groups excluding carboxylic acids is 2. The minimum Gasteiger partial charge on any atom is -0.408 e. The molecule has 1 N–H and O–H groups in total. The summed E-state index contributed by atoms with van der Waals surface area (Å²) in [5.74, 6) is -1.33. The van der Waals surface area contributed by atoms with Gasteiger partial charge in [-0.2, -0.15) is 0 Å². The Kier molecular flexibility index (Phi) is 3.20. The SMILES string of the molecule is CB(C)c1ccc2c(c1)oc(=O)n2C1CCC(=O)NC1=O. The van der Waals surface area contributed by atoms with E-state index in [0.717, 1.165) is 5.46 Å². The maximum atomic E-state index is 12.1. The van der Waals surface area contributed by atoms with E-state index in [0.29, 0.717) is 24.2 Å². The molecule has 2 aromatic rings. The number of amides is 2. The van der Waals surface area contributed by atoms with Crippen molar-refractivity contribution in [2.24, 2.45) is 0 Å². The minimum absolute atomic E-state index is 0.222. The number of aromatic nitrogens is 1. The van der Waals surface area contributed by atoms with E-state index in [2.05, 4.69) is 19.0 Å². The number of fused-ring (bicyclic) bond motifs is 1. The van der Waals surface area contributed by atoms with Gasteiger partial charge < -0.3 is 4.42 Å². The quantitative estimate of drug-likeness (QED) is 0.645. The lowest BCUT2D eigenvalue weighted by atomic mass is 9.49. The summed E-state index contributed by atoms with van der Waals surface area (Å²) in [6, 6.07) is 4.84. The topological polar surface area (TPSA) is 81.3 Å². The molecule has 0 aliphatic carbocycles. The molecule has 7 heteroatoms. The van der Waals surface area contributed by atoms with Crippen LogP contribution in [-0.4, -0.2) is 23.1 Å². The number of oxazole rings is 1. The highest BCUT2D eigenvalue weighted by Gasteiger charge is 2.31. The second kappa shape index (κ2) is 4.91. The zero-order valence-corrected chi connectivity index (χ0v) is 11.9. The molecule has 0 spiro atoms. The Bertz CT molecular complexity index is 790. The third-order valence-electron chi connectivity index (χ3n) is 3.83. The van der Waals surface area contributed by atoms with Crippen molar-refractivity contribution >= 4 is 35.1 Å². The van der Waals surface area contributed by atoms with E-state index in [1.807, 2.05) is 12.1 Å². The summed E-state index contributed by atoms with van der Waals surface area (Å²) in [7, 11) is 0. The fourth-order valence-electron chi connectivity index (χ4n) is 2.64. The normalized spacial score (nSPS) is 18.9. The van der Waals surface area contributed by atoms with Gasteiger partial charge in [-0.05, 0) is 18.6 Å². The second-order valence-electron chi connectivity index (χ2n) is 5.59. The van der Waals surface area contributed by atoms with Crippen LogP contribution in [-0.2, 0) is 9.59 Å². The van der Waals surface area contributed by atoms with Crippen LogP contribution in [0.15, 0.2) is 27.4 Å². The predicted molar refractivity (Wildman–Crippen MR) is 79.0 cm³/mol. The summed E-state index contributed by atoms with van der Waals surface area (Å²) in [5.41, 5.74) is 2.11. The van der Waals surface area contributed by atoms with Crippen molar-refractivity contribution in [1.29, 1.82) is 0 Å². The van der Waals surface area contributed by atoms with Gasteiger partial charge >= 0.3 is 5.76 Å². The first kappa shape index (κ1) is 13.7. The lowest BCUT2D eigenvalue weighted by Gasteiger charge is -2.21. The van der Waals surface area contributed by atoms with Crippen molar-refractivity contribution < 1.29 is 14.0 Å². The van der Waals surface area contributed by atoms with Crippen LogP contribution in [0.3, 0.4) is 0 Å². The van der Waals surface area contributed by atoms with Crippen LogP contribution in [0.1, 0.15) is 18.9 Å². The van der Waals surface area contributed by atoms with Crippen molar-refractivity contribution in [3.8, 4) is 0 Å². The van der Waals surface area contributed by atoms with Crippen LogP contribution >= 0.6 is 0 Å². The molecule has 6 nitrogen and oxygen atoms in total. The molecule has 3 rings (SSSR count). The Balaban J connectivity index is 2.11. The molecule has 1 atom stereocenters. The summed E-state index contributed by atoms with van der Waals surface area (Å²) in [6.45, 7) is 4.42. The first-order chi connectivity index (χ1) is 9.97. The molecule has 21 heavy (non-hydrogen) atoms. The first-order valence-corrected chi connectivity index (χ1v) is 6.96. The van der Waals surface area contributed by atoms with Gasteiger partial charge in [-0.1, -0.05) is 25.2 Å². The number of benzene rings is 1. The molecular weight excluding hydrogens is 271 g/mol. The maximum absolute atomic E-state index is 12.1. The van der Waals surface area contributed by atoms with E-state index >= 15 is 0 Å². The summed E-state index contributed by atoms with van der Waals surface area (Å²) < 4.78 is 6.60. The number of hydrogen-bond donors (Lipinski definition) is 1. The Morgan fingerprint density at radius 1 is 1.29 bits per heavy atom. The van der Waals surface area contributed by atoms with Gasteiger partial charge in [0.2, 0.25) is 11.8 Å². The molecule has 1 aromatic heterocycles. The maximum Gasteiger partial charge on any atom is 0.420 e. The molecule has 2 amide bonds. The van der Waals surface area contributed by atoms with Crippen LogP contribution in [0.5, 0.6) is 0 Å². The fourth-order valence-corrected chi connectivity index (χ4v) is 2.64. The third kappa shape index (κ3) is 2.28. The largest absolute Gasteiger partial charge is 0.420 e. The summed E-state index contributed by atoms with van der Waals surface area (Å²) >= 11 is 0. The zero-order valence-electron chi connectivity index (χ0n) is 11.9. The van der Waals surface area contributed by atoms with Crippen LogP contribution in [0.25, 0.3) is 11.1 Å². The van der Waals surface area contributed by atoms with Crippen LogP contribution in [0.2, 0.25) is 13.6 Å². The molecule has 1 unspecified atom stereocenters. The molecule has 1 saturated heterocycles. The third-order valence-corrected chi connectivity index (χ3v) is 3.83. The van der Waals surface area contributed by atoms with Crippen molar-refractivity contribution in [3.63, 3.8) is 0 Å². The lowest BCUT2D eigenvalue weighted by molar-refractivity contribution is -0.135. The number of imide groups is 1. The molecule has 0 saturated carbocycles. The van der Waals surface area contributed by atoms with Gasteiger partial charge in [-0.25, -0.2) is 4.79 Å². The van der Waals surface area contributed by atoms with E-state index in [9.17, 15) is 14.4 Å². The molecule has 108 valence electrons. The van der Waals surface area contributed by atoms with Gasteiger partial charge in [0, 0.05) is 6.42 Å². The van der Waals surface area contributed by atoms with Crippen molar-refractivity contribution in [2.45, 2.75) is 32.5 Å². The molecule has 1 fully saturated rings. The van der Waals surface area contributed by atoms with E-state index in [4.69, 9.17) is 4.42 Å². The molecule has 1 aliphatic heterocycles. The van der Waals surface area contributed by atoms with Gasteiger partial charge in [0.25, 0.3) is 0 Å². The molecule has 1 aromatic carbocycles. The van der Waals surface area contributed by atoms with Crippen molar-refractivity contribution in [2.75, 3.05) is 0 Å². The van der Waals surface area contributed by atoms with Crippen molar-refractivity contribution in [3.05, 3.63) is 28.7 Å². The number of carbonyl (C=O) groups is 2. The molecule has 2 heterocycles. The highest BCUT2D eigenvalue weighted by Crippen LogP contribution is 2.22. The Hall–Kier alpha value is -2.31. The Morgan fingerprint density at radius 2 is 2.05 bits per heavy atom. The fraction of sp³-hybridized carbons (Fsp3) is 0.357. The van der Waals surface area contributed by atoms with Crippen molar-refractivity contribution in [1.82, 2.24) is 9.88 Å². The van der Waals surface area contributed by atoms with Crippen LogP contribution < -0.4 is 16.5 Å². The molecule has 0 radical (unpaired) electrons. The van der Waals surface area contributed by atoms with Crippen LogP contribution in [0, 0.1) is 0 Å². The lowest BCUT2D eigenvalue weighted by Crippen LogP contribution is -2.43. The minimum atomic E-state index is -0.693. The predicted octanol–water partition coefficient (Wildman–Crippen LogP) is 0.534. The zero-order chi connectivity index (χ0) is 15.1. The second-order valence-corrected chi connectivity index (χ2v) is 5.59. The Labute approximate surface area is 121 Å². The van der Waals surface area contributed by atoms with E-state index in [-0.39, 0.29) is 12.3 Å². The van der Waals surface area contributed by atoms with Gasteiger partial charge in [-0.3, -0.25) is 19.5 Å². The highest BCUT2D eigenvalue weighted by molar-refractivity contribution is 6.70. The molecular formula is C14H15BN2O4. The number of rotatable bonds is 2. The Morgan fingerprint density at radius 3 is 2.71 bits per heavy atom. The van der Waals surface area contributed by atoms with E-state index in [1.165, 1.54) is 4.57 Å². The van der Waals surface area contributed by atoms with Gasteiger partial charge in [0.1, 0.15) is 6.04 Å². The van der Waals surface area contributed by atoms with E-state index in [1.54, 1.807) is 6.07 Å². The highest BCUT2D eigenvalue weighted by atomic mass is 16.4. The summed E-state index contributed by atoms with van der Waals surface area (Å²) in [6.07, 6.45) is 0.532. The smallest absolute Gasteiger partial charge is 0.408 e. The molecule has 0 bridgehead atoms. The number of piperidine rings is 1. The van der Waals surface area contributed by atoms with Gasteiger partial charge in [0.15, 0.2) is 12.3 Å². The average Bonchev–Trinajstić information content (AvgIpc) is 2.74. The summed E-state index contributed by atoms with van der Waals surface area (Å²) in [5, 5.41) is 2.26. The first-order valence-electron chi connectivity index (χ1n) is 6.96. The number of nitrogens with zero attached hydrogens (tertiary/aromatic N) is 1. The van der Waals surface area contributed by atoms with Crippen LogP contribution in [0.4, 0.5) is 0 Å². The average molecular weight is 286 g/mol. The van der Waals surface area contributed by atoms with E-state index < -0.39 is 17.7 Å². The monoisotopic (exact) mass is 286 g/mol. The number of hydrogen-bond acceptors (Lipinski definition) is 4. The van der Waals surface area contributed by atoms with Gasteiger partial charge in [0.05, 0.1) is 5.52 Å². The van der Waals surface area contributed by atoms with Gasteiger partial charge in [-0.15, -0.1) is 0 Å². The summed E-state index contributed by atoms with van der Waals surface area (Å²) in [4.78, 5) is 35.2. The number of nitrogens with one attached hydrogen (secondary N) is 1. The standard InChI is InChI=1S/C14H15BN2O4/c1-15(2)8-3-4-9-11(7-8)21-14(20)17(9)10-5-6-12(18)16-13(10)19/h3-4,7,10H,5-6H2,1-2H3,(H,16,18,19). The molecule has 1 aliphatic rings.